The first-order valence-electron chi connectivity index (χ1n) is 9.95. The molecule has 4 bridgehead atoms. The number of ketones is 2. The van der Waals surface area contributed by atoms with Gasteiger partial charge in [-0.3, -0.25) is 9.59 Å². The minimum absolute atomic E-state index is 0.0216. The van der Waals surface area contributed by atoms with Gasteiger partial charge < -0.3 is 9.47 Å². The Balaban J connectivity index is 1.63. The van der Waals surface area contributed by atoms with Gasteiger partial charge in [-0.2, -0.15) is 0 Å². The van der Waals surface area contributed by atoms with Gasteiger partial charge in [-0.1, -0.05) is 37.3 Å². The van der Waals surface area contributed by atoms with E-state index in [0.29, 0.717) is 5.71 Å². The average Bonchev–Trinajstić information content (AvgIpc) is 3.10. The third kappa shape index (κ3) is 2.28. The molecule has 6 atom stereocenters. The quantitative estimate of drug-likeness (QED) is 0.753. The van der Waals surface area contributed by atoms with Crippen LogP contribution in [0.2, 0.25) is 0 Å². The van der Waals surface area contributed by atoms with Crippen molar-refractivity contribution in [3.8, 4) is 5.75 Å². The summed E-state index contributed by atoms with van der Waals surface area (Å²) in [6, 6.07) is 17.4. The lowest BCUT2D eigenvalue weighted by molar-refractivity contribution is -0.180. The zero-order chi connectivity index (χ0) is 20.3. The van der Waals surface area contributed by atoms with Crippen LogP contribution in [0.1, 0.15) is 24.0 Å². The number of carbonyl (C=O) groups is 2. The number of fused-ring (bicyclic) bond motifs is 1. The van der Waals surface area contributed by atoms with Crippen LogP contribution in [0, 0.1) is 23.7 Å². The van der Waals surface area contributed by atoms with Gasteiger partial charge in [-0.05, 0) is 41.3 Å². The Bertz CT molecular complexity index is 1010. The lowest BCUT2D eigenvalue weighted by Crippen LogP contribution is -2.66. The van der Waals surface area contributed by atoms with Crippen LogP contribution in [0.15, 0.2) is 59.6 Å². The first-order chi connectivity index (χ1) is 14.0. The maximum Gasteiger partial charge on any atom is 0.223 e. The highest BCUT2D eigenvalue weighted by Crippen LogP contribution is 2.61. The summed E-state index contributed by atoms with van der Waals surface area (Å²) in [5.74, 6) is -0.956. The number of ether oxygens (including phenoxy) is 2. The molecule has 0 N–H and O–H groups in total. The number of rotatable bonds is 4. The van der Waals surface area contributed by atoms with Crippen molar-refractivity contribution in [1.29, 1.82) is 0 Å². The van der Waals surface area contributed by atoms with Gasteiger partial charge in [0.2, 0.25) is 5.72 Å². The van der Waals surface area contributed by atoms with Crippen LogP contribution in [0.25, 0.3) is 0 Å². The molecule has 1 aliphatic heterocycles. The van der Waals surface area contributed by atoms with Gasteiger partial charge in [0.15, 0.2) is 11.6 Å². The number of nitrogens with zero attached hydrogens (tertiary/aromatic N) is 1. The molecule has 1 heterocycles. The molecular weight excluding hydrogens is 366 g/mol. The van der Waals surface area contributed by atoms with Crippen molar-refractivity contribution in [2.75, 3.05) is 14.2 Å². The van der Waals surface area contributed by atoms with Crippen molar-refractivity contribution in [3.05, 3.63) is 65.7 Å². The maximum atomic E-state index is 13.6. The van der Waals surface area contributed by atoms with Crippen molar-refractivity contribution in [2.24, 2.45) is 28.7 Å². The van der Waals surface area contributed by atoms with Gasteiger partial charge in [0.1, 0.15) is 5.75 Å². The highest BCUT2D eigenvalue weighted by Gasteiger charge is 2.72. The smallest absolute Gasteiger partial charge is 0.223 e. The normalized spacial score (nSPS) is 35.0. The predicted molar refractivity (Wildman–Crippen MR) is 108 cm³/mol. The molecule has 3 fully saturated rings. The van der Waals surface area contributed by atoms with Crippen LogP contribution < -0.4 is 4.74 Å². The summed E-state index contributed by atoms with van der Waals surface area (Å²) in [4.78, 5) is 31.9. The standard InChI is InChI=1S/C24H23NO4/c1-13-17(14-7-5-4-6-8-14)18-22(26)19-20(13)24(29-3,23(18)27)25-21(19)15-9-11-16(28-2)12-10-15/h4-13,17-20H,1-3H3/t13-,17+,18-,19-,20+,24+/m0/s1. The molecule has 5 heteroatoms. The summed E-state index contributed by atoms with van der Waals surface area (Å²) in [7, 11) is 3.15. The van der Waals surface area contributed by atoms with E-state index in [0.717, 1.165) is 16.9 Å². The molecule has 0 unspecified atom stereocenters. The molecule has 0 spiro atoms. The van der Waals surface area contributed by atoms with E-state index >= 15 is 0 Å². The number of Topliss-reactive ketones (excluding diaryl/α,β-unsaturated/α-hetero) is 2. The molecule has 148 valence electrons. The summed E-state index contributed by atoms with van der Waals surface area (Å²) < 4.78 is 11.0. The second kappa shape index (κ2) is 6.36. The summed E-state index contributed by atoms with van der Waals surface area (Å²) in [6.07, 6.45) is 0. The average molecular weight is 389 g/mol. The van der Waals surface area contributed by atoms with Crippen molar-refractivity contribution in [2.45, 2.75) is 18.6 Å². The Kier molecular flexibility index (Phi) is 4.00. The minimum Gasteiger partial charge on any atom is -0.497 e. The molecule has 2 aromatic carbocycles. The fourth-order valence-electron chi connectivity index (χ4n) is 5.78. The first kappa shape index (κ1) is 18.3. The SMILES string of the molecule is COc1ccc(C2=N[C@]3(OC)C(=O)[C@@H]4C(=O)[C@H]2[C@H]3[C@@H](C)[C@@H]4c2ccccc2)cc1. The topological polar surface area (TPSA) is 65.0 Å². The zero-order valence-corrected chi connectivity index (χ0v) is 16.7. The Hall–Kier alpha value is -2.79. The molecule has 29 heavy (non-hydrogen) atoms. The van der Waals surface area contributed by atoms with E-state index in [4.69, 9.17) is 14.5 Å². The van der Waals surface area contributed by atoms with E-state index in [1.165, 1.54) is 7.11 Å². The second-order valence-corrected chi connectivity index (χ2v) is 8.17. The number of hydrogen-bond acceptors (Lipinski definition) is 5. The Morgan fingerprint density at radius 1 is 0.931 bits per heavy atom. The Labute approximate surface area is 169 Å². The number of hydrogen-bond donors (Lipinski definition) is 0. The highest BCUT2D eigenvalue weighted by molar-refractivity contribution is 6.26. The second-order valence-electron chi connectivity index (χ2n) is 8.17. The Morgan fingerprint density at radius 3 is 2.24 bits per heavy atom. The fraction of sp³-hybridized carbons (Fsp3) is 0.375. The van der Waals surface area contributed by atoms with E-state index in [1.807, 2.05) is 54.6 Å². The molecule has 0 aromatic heterocycles. The maximum absolute atomic E-state index is 13.6. The third-order valence-corrected chi connectivity index (χ3v) is 7.01. The number of carbonyl (C=O) groups excluding carboxylic acids is 2. The van der Waals surface area contributed by atoms with E-state index in [1.54, 1.807) is 7.11 Å². The van der Waals surface area contributed by atoms with Crippen molar-refractivity contribution >= 4 is 17.3 Å². The van der Waals surface area contributed by atoms with E-state index in [-0.39, 0.29) is 29.3 Å². The molecule has 0 saturated heterocycles. The summed E-state index contributed by atoms with van der Waals surface area (Å²) >= 11 is 0. The number of methoxy groups -OCH3 is 2. The Morgan fingerprint density at radius 2 is 1.62 bits per heavy atom. The van der Waals surface area contributed by atoms with Crippen LogP contribution in [0.3, 0.4) is 0 Å². The fourth-order valence-corrected chi connectivity index (χ4v) is 5.78. The van der Waals surface area contributed by atoms with Crippen LogP contribution in [0.5, 0.6) is 5.75 Å². The van der Waals surface area contributed by atoms with Gasteiger partial charge >= 0.3 is 0 Å². The number of benzene rings is 2. The monoisotopic (exact) mass is 389 g/mol. The molecule has 2 aromatic rings. The third-order valence-electron chi connectivity index (χ3n) is 7.01. The van der Waals surface area contributed by atoms with Gasteiger partial charge in [-0.25, -0.2) is 4.99 Å². The van der Waals surface area contributed by atoms with Gasteiger partial charge in [0, 0.05) is 18.9 Å². The predicted octanol–water partition coefficient (Wildman–Crippen LogP) is 3.27. The summed E-state index contributed by atoms with van der Waals surface area (Å²) in [5.41, 5.74) is 1.28. The zero-order valence-electron chi connectivity index (χ0n) is 16.7. The van der Waals surface area contributed by atoms with Crippen LogP contribution in [-0.4, -0.2) is 37.2 Å². The lowest BCUT2D eigenvalue weighted by Gasteiger charge is -2.53. The highest BCUT2D eigenvalue weighted by atomic mass is 16.5. The molecule has 0 amide bonds. The van der Waals surface area contributed by atoms with Crippen molar-refractivity contribution in [3.63, 3.8) is 0 Å². The summed E-state index contributed by atoms with van der Waals surface area (Å²) in [6.45, 7) is 2.13. The summed E-state index contributed by atoms with van der Waals surface area (Å²) in [5, 5.41) is 0. The van der Waals surface area contributed by atoms with Crippen LogP contribution >= 0.6 is 0 Å². The molecule has 3 aliphatic carbocycles. The van der Waals surface area contributed by atoms with E-state index < -0.39 is 17.6 Å². The van der Waals surface area contributed by atoms with Crippen molar-refractivity contribution < 1.29 is 19.1 Å². The number of aliphatic imine (C=N–C) groups is 1. The van der Waals surface area contributed by atoms with Crippen LogP contribution in [-0.2, 0) is 14.3 Å². The van der Waals surface area contributed by atoms with Gasteiger partial charge in [-0.15, -0.1) is 0 Å². The largest absolute Gasteiger partial charge is 0.497 e. The van der Waals surface area contributed by atoms with Gasteiger partial charge in [0.05, 0.1) is 24.7 Å². The van der Waals surface area contributed by atoms with E-state index in [9.17, 15) is 9.59 Å². The molecule has 6 rings (SSSR count). The van der Waals surface area contributed by atoms with Crippen LogP contribution in [0.4, 0.5) is 0 Å². The van der Waals surface area contributed by atoms with E-state index in [2.05, 4.69) is 6.92 Å². The lowest BCUT2D eigenvalue weighted by atomic mass is 9.50. The van der Waals surface area contributed by atoms with Gasteiger partial charge in [0.25, 0.3) is 0 Å². The first-order valence-corrected chi connectivity index (χ1v) is 9.95. The minimum atomic E-state index is -1.26. The molecule has 0 radical (unpaired) electrons. The molecule has 5 nitrogen and oxygen atoms in total. The molecular formula is C24H23NO4. The van der Waals surface area contributed by atoms with Crippen molar-refractivity contribution in [1.82, 2.24) is 0 Å². The molecule has 3 saturated carbocycles. The molecule has 4 aliphatic rings.